The summed E-state index contributed by atoms with van der Waals surface area (Å²) in [6.45, 7) is 25.0. The molecular weight excluding hydrogens is 809 g/mol. The zero-order valence-corrected chi connectivity index (χ0v) is 38.4. The van der Waals surface area contributed by atoms with Crippen molar-refractivity contribution in [2.45, 2.75) is 146 Å². The van der Waals surface area contributed by atoms with E-state index in [9.17, 15) is 35.9 Å². The quantitative estimate of drug-likeness (QED) is 0.149. The molecule has 0 fully saturated rings. The van der Waals surface area contributed by atoms with Crippen molar-refractivity contribution in [1.29, 1.82) is 0 Å². The third-order valence-electron chi connectivity index (χ3n) is 11.6. The Morgan fingerprint density at radius 3 is 1.39 bits per heavy atom. The number of ether oxygens (including phenoxy) is 2. The van der Waals surface area contributed by atoms with E-state index >= 15 is 0 Å². The Bertz CT molecular complexity index is 2100. The predicted octanol–water partition coefficient (Wildman–Crippen LogP) is 12.5. The van der Waals surface area contributed by atoms with Crippen LogP contribution in [0.3, 0.4) is 0 Å². The Kier molecular flexibility index (Phi) is 15.0. The van der Waals surface area contributed by atoms with Gasteiger partial charge in [0.15, 0.2) is 0 Å². The highest BCUT2D eigenvalue weighted by Gasteiger charge is 2.45. The molecule has 2 amide bonds. The van der Waals surface area contributed by atoms with Crippen molar-refractivity contribution in [2.75, 3.05) is 0 Å². The van der Waals surface area contributed by atoms with Gasteiger partial charge in [-0.25, -0.2) is 0 Å². The van der Waals surface area contributed by atoms with Gasteiger partial charge in [0, 0.05) is 35.6 Å². The molecule has 0 radical (unpaired) electrons. The van der Waals surface area contributed by atoms with Gasteiger partial charge < -0.3 is 24.7 Å². The van der Waals surface area contributed by atoms with Crippen molar-refractivity contribution in [2.24, 2.45) is 28.6 Å². The number of nitrogens with zero attached hydrogens (tertiary/aromatic N) is 1. The highest BCUT2D eigenvalue weighted by molar-refractivity contribution is 5.86. The van der Waals surface area contributed by atoms with E-state index in [1.807, 2.05) is 101 Å². The minimum absolute atomic E-state index is 0.0109. The van der Waals surface area contributed by atoms with E-state index in [0.29, 0.717) is 41.4 Å². The number of carbonyl (C=O) groups excluding carboxylic acids is 2. The van der Waals surface area contributed by atoms with Gasteiger partial charge in [-0.15, -0.1) is 0 Å². The molecule has 5 rings (SSSR count). The number of aryl methyl sites for hydroxylation is 2. The first-order valence-corrected chi connectivity index (χ1v) is 21.3. The van der Waals surface area contributed by atoms with Gasteiger partial charge in [0.05, 0.1) is 28.0 Å². The molecule has 0 saturated heterocycles. The van der Waals surface area contributed by atoms with Gasteiger partial charge in [0.2, 0.25) is 11.8 Å². The molecule has 0 bridgehead atoms. The van der Waals surface area contributed by atoms with Gasteiger partial charge in [-0.1, -0.05) is 58.9 Å². The number of aromatic nitrogens is 1. The molecule has 1 aromatic heterocycles. The van der Waals surface area contributed by atoms with Crippen molar-refractivity contribution in [3.8, 4) is 11.5 Å². The fourth-order valence-corrected chi connectivity index (χ4v) is 8.19. The van der Waals surface area contributed by atoms with Crippen LogP contribution in [0.1, 0.15) is 129 Å². The molecule has 2 aromatic carbocycles. The van der Waals surface area contributed by atoms with E-state index in [1.165, 1.54) is 12.1 Å². The maximum absolute atomic E-state index is 13.5. The second-order valence-electron chi connectivity index (χ2n) is 19.5. The van der Waals surface area contributed by atoms with Gasteiger partial charge >= 0.3 is 12.4 Å². The first kappa shape index (κ1) is 50.0. The minimum Gasteiger partial charge on any atom is -0.488 e. The third-order valence-corrected chi connectivity index (χ3v) is 11.6. The highest BCUT2D eigenvalue weighted by atomic mass is 19.4. The number of halogens is 6. The second-order valence-corrected chi connectivity index (χ2v) is 19.5. The molecule has 2 aliphatic rings. The Morgan fingerprint density at radius 1 is 0.661 bits per heavy atom. The molecule has 2 N–H and O–H groups in total. The smallest absolute Gasteiger partial charge is 0.416 e. The van der Waals surface area contributed by atoms with E-state index in [2.05, 4.69) is 40.3 Å². The first-order valence-electron chi connectivity index (χ1n) is 21.3. The second kappa shape index (κ2) is 18.6. The molecule has 4 atom stereocenters. The number of nitrogens with one attached hydrogen (secondary N) is 2. The standard InChI is InChI=1S/C27H35F3N2O2.C22H30F3NO2/c1-17(2)26(13-12-22(15-26)32-18(3)8-9-19(32)4)24(33)31-16-20-14-21(27(28,29)30)10-11-23(20)34-25(5,6)7;1-14(2)21(10-9-15(3)12-21)19(27)26-13-16-11-17(22(23,24)25)7-8-18(16)28-20(4,5)6/h8-14,17,22H,15-16H2,1-7H3,(H,31,33);7-11,14-15H,12-13H2,1-6H3,(H,26,27)/t22?,26-;15?,21-/m00/s1. The van der Waals surface area contributed by atoms with Crippen molar-refractivity contribution >= 4 is 11.8 Å². The van der Waals surface area contributed by atoms with Crippen molar-refractivity contribution in [1.82, 2.24) is 15.2 Å². The number of amides is 2. The van der Waals surface area contributed by atoms with E-state index in [0.717, 1.165) is 35.7 Å². The number of hydrogen-bond donors (Lipinski definition) is 2. The van der Waals surface area contributed by atoms with E-state index in [-0.39, 0.29) is 42.8 Å². The average Bonchev–Trinajstić information content (AvgIpc) is 3.85. The predicted molar refractivity (Wildman–Crippen MR) is 232 cm³/mol. The summed E-state index contributed by atoms with van der Waals surface area (Å²) >= 11 is 0. The molecule has 62 heavy (non-hydrogen) atoms. The zero-order valence-electron chi connectivity index (χ0n) is 38.4. The summed E-state index contributed by atoms with van der Waals surface area (Å²) in [5.74, 6) is 0.705. The lowest BCUT2D eigenvalue weighted by Crippen LogP contribution is -2.42. The largest absolute Gasteiger partial charge is 0.488 e. The zero-order chi connectivity index (χ0) is 46.8. The number of hydrogen-bond acceptors (Lipinski definition) is 4. The summed E-state index contributed by atoms with van der Waals surface area (Å²) in [7, 11) is 0. The summed E-state index contributed by atoms with van der Waals surface area (Å²) in [6, 6.07) is 10.9. The lowest BCUT2D eigenvalue weighted by atomic mass is 9.74. The molecule has 2 aliphatic carbocycles. The highest BCUT2D eigenvalue weighted by Crippen LogP contribution is 2.46. The van der Waals surface area contributed by atoms with Crippen LogP contribution in [-0.4, -0.2) is 27.6 Å². The molecular formula is C49H65F6N3O4. The van der Waals surface area contributed by atoms with E-state index in [4.69, 9.17) is 9.47 Å². The number of carbonyl (C=O) groups is 2. The summed E-state index contributed by atoms with van der Waals surface area (Å²) < 4.78 is 93.4. The molecule has 0 saturated carbocycles. The fraction of sp³-hybridized carbons (Fsp3) is 0.551. The van der Waals surface area contributed by atoms with Crippen LogP contribution in [0, 0.1) is 42.4 Å². The summed E-state index contributed by atoms with van der Waals surface area (Å²) in [4.78, 5) is 26.5. The van der Waals surface area contributed by atoms with E-state index in [1.54, 1.807) is 0 Å². The number of allylic oxidation sites excluding steroid dienone is 2. The van der Waals surface area contributed by atoms with Crippen LogP contribution in [-0.2, 0) is 35.0 Å². The fourth-order valence-electron chi connectivity index (χ4n) is 8.19. The van der Waals surface area contributed by atoms with Crippen LogP contribution in [0.25, 0.3) is 0 Å². The molecule has 13 heteroatoms. The third kappa shape index (κ3) is 12.1. The van der Waals surface area contributed by atoms with Crippen molar-refractivity contribution in [3.05, 3.63) is 106 Å². The van der Waals surface area contributed by atoms with Crippen LogP contribution in [0.2, 0.25) is 0 Å². The molecule has 3 aromatic rings. The number of alkyl halides is 6. The van der Waals surface area contributed by atoms with Crippen molar-refractivity contribution in [3.63, 3.8) is 0 Å². The summed E-state index contributed by atoms with van der Waals surface area (Å²) in [5.41, 5.74) is -1.21. The average molecular weight is 874 g/mol. The van der Waals surface area contributed by atoms with Crippen LogP contribution in [0.4, 0.5) is 26.3 Å². The first-order chi connectivity index (χ1) is 28.4. The Morgan fingerprint density at radius 2 is 1.05 bits per heavy atom. The monoisotopic (exact) mass is 873 g/mol. The van der Waals surface area contributed by atoms with Crippen LogP contribution in [0.5, 0.6) is 11.5 Å². The van der Waals surface area contributed by atoms with Gasteiger partial charge in [-0.3, -0.25) is 9.59 Å². The molecule has 7 nitrogen and oxygen atoms in total. The number of rotatable bonds is 11. The molecule has 1 heterocycles. The number of benzene rings is 2. The summed E-state index contributed by atoms with van der Waals surface area (Å²) in [6.07, 6.45) is 0.362. The summed E-state index contributed by atoms with van der Waals surface area (Å²) in [5, 5.41) is 5.77. The van der Waals surface area contributed by atoms with Gasteiger partial charge in [0.25, 0.3) is 0 Å². The topological polar surface area (TPSA) is 81.6 Å². The Labute approximate surface area is 363 Å². The van der Waals surface area contributed by atoms with Gasteiger partial charge in [-0.05, 0) is 135 Å². The Hall–Kier alpha value is -4.68. The maximum Gasteiger partial charge on any atom is 0.416 e. The lowest BCUT2D eigenvalue weighted by molar-refractivity contribution is -0.138. The maximum atomic E-state index is 13.5. The SMILES string of the molecule is CC1C=C[C@@](C(=O)NCc2cc(C(F)(F)F)ccc2OC(C)(C)C)(C(C)C)C1.Cc1ccc(C)n1C1C=C[C@@](C(=O)NCc2cc(C(F)(F)F)ccc2OC(C)(C)C)(C(C)C)C1. The van der Waals surface area contributed by atoms with Crippen LogP contribution >= 0.6 is 0 Å². The van der Waals surface area contributed by atoms with Gasteiger partial charge in [0.1, 0.15) is 22.7 Å². The van der Waals surface area contributed by atoms with E-state index < -0.39 is 45.5 Å². The van der Waals surface area contributed by atoms with Crippen LogP contribution < -0.4 is 20.1 Å². The molecule has 2 unspecified atom stereocenters. The molecule has 342 valence electrons. The van der Waals surface area contributed by atoms with Crippen LogP contribution in [0.15, 0.2) is 72.8 Å². The lowest BCUT2D eigenvalue weighted by Gasteiger charge is -2.32. The van der Waals surface area contributed by atoms with Crippen molar-refractivity contribution < 1.29 is 45.4 Å². The molecule has 0 spiro atoms. The molecule has 0 aliphatic heterocycles. The normalized spacial score (nSPS) is 21.6. The minimum atomic E-state index is -4.48. The Balaban J connectivity index is 0.000000278. The van der Waals surface area contributed by atoms with Gasteiger partial charge in [-0.2, -0.15) is 26.3 Å².